The molecule has 0 radical (unpaired) electrons. The van der Waals surface area contributed by atoms with Crippen molar-refractivity contribution in [2.24, 2.45) is 5.73 Å². The van der Waals surface area contributed by atoms with Crippen LogP contribution in [-0.4, -0.2) is 68.7 Å². The summed E-state index contributed by atoms with van der Waals surface area (Å²) in [6, 6.07) is 6.16. The van der Waals surface area contributed by atoms with Crippen molar-refractivity contribution in [1.82, 2.24) is 14.2 Å². The Labute approximate surface area is 241 Å². The number of H-pyrrole nitrogens is 1. The Hall–Kier alpha value is -1.51. The third-order valence-electron chi connectivity index (χ3n) is 8.07. The standard InChI is InChI=1S/C27H35IN4O4S2/c1-17(2)38(35,36)32-8-4-18(5-9-32)24-13-30-25-22(24)11-19(12-23(25)26(29)34)20-10-21(37-15-20)14-31-7-3-6-27(31,28)16-33/h10-13,15,17-18,30,33H,3-9,14,16H2,1-2H3,(H2,29,34)/t27-/m0/s1. The molecule has 38 heavy (non-hydrogen) atoms. The zero-order valence-electron chi connectivity index (χ0n) is 21.7. The molecule has 3 aromatic rings. The van der Waals surface area contributed by atoms with Crippen molar-refractivity contribution in [3.63, 3.8) is 0 Å². The van der Waals surface area contributed by atoms with Gasteiger partial charge in [0.25, 0.3) is 5.91 Å². The summed E-state index contributed by atoms with van der Waals surface area (Å²) in [7, 11) is -3.26. The number of aliphatic hydroxyl groups excluding tert-OH is 1. The molecule has 0 aliphatic carbocycles. The number of sulfonamides is 1. The lowest BCUT2D eigenvalue weighted by molar-refractivity contribution is 0.100. The second-order valence-electron chi connectivity index (χ2n) is 10.7. The first-order valence-corrected chi connectivity index (χ1v) is 16.6. The fraction of sp³-hybridized carbons (Fsp3) is 0.519. The van der Waals surface area contributed by atoms with Gasteiger partial charge in [0.1, 0.15) is 0 Å². The number of piperidine rings is 1. The van der Waals surface area contributed by atoms with Crippen molar-refractivity contribution in [2.45, 2.75) is 60.8 Å². The summed E-state index contributed by atoms with van der Waals surface area (Å²) in [6.07, 6.45) is 5.49. The van der Waals surface area contributed by atoms with Crippen LogP contribution >= 0.6 is 33.9 Å². The van der Waals surface area contributed by atoms with Gasteiger partial charge in [-0.3, -0.25) is 9.69 Å². The Morgan fingerprint density at radius 1 is 1.24 bits per heavy atom. The van der Waals surface area contributed by atoms with E-state index in [-0.39, 0.29) is 16.1 Å². The number of alkyl halides is 1. The Morgan fingerprint density at radius 3 is 2.63 bits per heavy atom. The number of carbonyl (C=O) groups excluding carboxylic acids is 1. The van der Waals surface area contributed by atoms with Gasteiger partial charge in [0.15, 0.2) is 0 Å². The number of primary amides is 1. The number of nitrogens with two attached hydrogens (primary N) is 1. The molecule has 1 amide bonds. The van der Waals surface area contributed by atoms with Crippen LogP contribution in [0, 0.1) is 0 Å². The van der Waals surface area contributed by atoms with Gasteiger partial charge in [-0.05, 0) is 92.3 Å². The van der Waals surface area contributed by atoms with Crippen molar-refractivity contribution >= 4 is 60.8 Å². The number of hydrogen-bond acceptors (Lipinski definition) is 6. The highest BCUT2D eigenvalue weighted by Gasteiger charge is 2.38. The van der Waals surface area contributed by atoms with Crippen LogP contribution in [0.1, 0.15) is 66.2 Å². The van der Waals surface area contributed by atoms with Gasteiger partial charge < -0.3 is 15.8 Å². The molecule has 1 aromatic carbocycles. The Balaban J connectivity index is 1.43. The Morgan fingerprint density at radius 2 is 1.97 bits per heavy atom. The van der Waals surface area contributed by atoms with Gasteiger partial charge >= 0.3 is 0 Å². The second kappa shape index (κ2) is 10.8. The van der Waals surface area contributed by atoms with Crippen LogP contribution in [0.5, 0.6) is 0 Å². The molecule has 1 atom stereocenters. The SMILES string of the molecule is CC(C)S(=O)(=O)N1CCC(c2c[nH]c3c(C(N)=O)cc(-c4csc(CN5CCC[C@@]5(I)CO)c4)cc23)CC1. The highest BCUT2D eigenvalue weighted by Crippen LogP contribution is 2.40. The summed E-state index contributed by atoms with van der Waals surface area (Å²) >= 11 is 4.07. The maximum atomic E-state index is 12.6. The van der Waals surface area contributed by atoms with E-state index >= 15 is 0 Å². The molecule has 0 spiro atoms. The average molecular weight is 671 g/mol. The van der Waals surface area contributed by atoms with E-state index in [4.69, 9.17) is 5.73 Å². The molecule has 11 heteroatoms. The third kappa shape index (κ3) is 5.17. The smallest absolute Gasteiger partial charge is 0.250 e. The number of aromatic amines is 1. The Kier molecular flexibility index (Phi) is 7.98. The molecule has 4 N–H and O–H groups in total. The lowest BCUT2D eigenvalue weighted by Gasteiger charge is -2.32. The molecule has 4 heterocycles. The first-order chi connectivity index (χ1) is 18.0. The molecule has 2 aliphatic heterocycles. The normalized spacial score (nSPS) is 22.1. The fourth-order valence-electron chi connectivity index (χ4n) is 5.77. The van der Waals surface area contributed by atoms with Gasteiger partial charge in [-0.1, -0.05) is 22.6 Å². The number of hydrogen-bond donors (Lipinski definition) is 3. The highest BCUT2D eigenvalue weighted by atomic mass is 127. The molecule has 0 saturated carbocycles. The van der Waals surface area contributed by atoms with E-state index < -0.39 is 21.2 Å². The minimum atomic E-state index is -3.26. The number of aromatic nitrogens is 1. The van der Waals surface area contributed by atoms with E-state index in [1.54, 1.807) is 29.5 Å². The number of rotatable bonds is 8. The van der Waals surface area contributed by atoms with E-state index in [2.05, 4.69) is 50.0 Å². The number of fused-ring (bicyclic) bond motifs is 1. The van der Waals surface area contributed by atoms with Gasteiger partial charge in [-0.25, -0.2) is 12.7 Å². The minimum absolute atomic E-state index is 0.142. The van der Waals surface area contributed by atoms with E-state index in [0.717, 1.165) is 66.4 Å². The summed E-state index contributed by atoms with van der Waals surface area (Å²) in [4.78, 5) is 19.3. The molecular weight excluding hydrogens is 635 g/mol. The molecule has 0 unspecified atom stereocenters. The molecular formula is C27H35IN4O4S2. The van der Waals surface area contributed by atoms with Gasteiger partial charge in [0.2, 0.25) is 10.0 Å². The quantitative estimate of drug-likeness (QED) is 0.184. The minimum Gasteiger partial charge on any atom is -0.394 e. The molecule has 8 nitrogen and oxygen atoms in total. The number of benzene rings is 1. The molecule has 2 saturated heterocycles. The van der Waals surface area contributed by atoms with Crippen LogP contribution in [0.2, 0.25) is 0 Å². The topological polar surface area (TPSA) is 120 Å². The Bertz CT molecular complexity index is 1440. The van der Waals surface area contributed by atoms with E-state index in [1.165, 1.54) is 4.88 Å². The first kappa shape index (κ1) is 28.0. The zero-order valence-corrected chi connectivity index (χ0v) is 25.5. The van der Waals surface area contributed by atoms with Crippen molar-refractivity contribution < 1.29 is 18.3 Å². The maximum absolute atomic E-state index is 12.6. The molecule has 2 aliphatic rings. The second-order valence-corrected chi connectivity index (χ2v) is 16.2. The van der Waals surface area contributed by atoms with E-state index in [1.807, 2.05) is 12.3 Å². The van der Waals surface area contributed by atoms with Gasteiger partial charge in [-0.15, -0.1) is 11.3 Å². The lowest BCUT2D eigenvalue weighted by Crippen LogP contribution is -2.41. The lowest BCUT2D eigenvalue weighted by atomic mass is 9.88. The number of nitrogens with zero attached hydrogens (tertiary/aromatic N) is 2. The first-order valence-electron chi connectivity index (χ1n) is 13.1. The molecule has 2 aromatic heterocycles. The summed E-state index contributed by atoms with van der Waals surface area (Å²) in [6.45, 7) is 6.33. The van der Waals surface area contributed by atoms with Crippen molar-refractivity contribution in [1.29, 1.82) is 0 Å². The van der Waals surface area contributed by atoms with Gasteiger partial charge in [0, 0.05) is 36.1 Å². The number of amides is 1. The molecule has 5 rings (SSSR count). The number of likely N-dealkylation sites (tertiary alicyclic amines) is 1. The summed E-state index contributed by atoms with van der Waals surface area (Å²) in [5.74, 6) is -0.282. The molecule has 2 fully saturated rings. The van der Waals surface area contributed by atoms with E-state index in [9.17, 15) is 18.3 Å². The van der Waals surface area contributed by atoms with Gasteiger partial charge in [0.05, 0.1) is 26.5 Å². The maximum Gasteiger partial charge on any atom is 0.250 e. The van der Waals surface area contributed by atoms with E-state index in [0.29, 0.717) is 18.7 Å². The third-order valence-corrected chi connectivity index (χ3v) is 12.8. The van der Waals surface area contributed by atoms with Crippen molar-refractivity contribution in [3.8, 4) is 11.1 Å². The van der Waals surface area contributed by atoms with Crippen LogP contribution < -0.4 is 5.73 Å². The van der Waals surface area contributed by atoms with Crippen LogP contribution in [0.25, 0.3) is 22.0 Å². The molecule has 206 valence electrons. The van der Waals surface area contributed by atoms with Crippen LogP contribution in [-0.2, 0) is 16.6 Å². The monoisotopic (exact) mass is 670 g/mol. The van der Waals surface area contributed by atoms with Crippen molar-refractivity contribution in [2.75, 3.05) is 26.2 Å². The zero-order chi connectivity index (χ0) is 27.2. The number of halogens is 1. The summed E-state index contributed by atoms with van der Waals surface area (Å²) in [5, 5.41) is 12.6. The van der Waals surface area contributed by atoms with Crippen LogP contribution in [0.3, 0.4) is 0 Å². The van der Waals surface area contributed by atoms with Crippen LogP contribution in [0.4, 0.5) is 0 Å². The van der Waals surface area contributed by atoms with Crippen molar-refractivity contribution in [3.05, 3.63) is 45.8 Å². The average Bonchev–Trinajstić information content (AvgIpc) is 3.63. The number of nitrogens with one attached hydrogen (secondary N) is 1. The summed E-state index contributed by atoms with van der Waals surface area (Å²) < 4.78 is 26.7. The van der Waals surface area contributed by atoms with Gasteiger partial charge in [-0.2, -0.15) is 0 Å². The number of carbonyl (C=O) groups is 1. The number of thiophene rings is 1. The summed E-state index contributed by atoms with van der Waals surface area (Å²) in [5.41, 5.74) is 10.1. The number of aliphatic hydroxyl groups is 1. The van der Waals surface area contributed by atoms with Crippen LogP contribution in [0.15, 0.2) is 29.8 Å². The predicted octanol–water partition coefficient (Wildman–Crippen LogP) is 4.63. The fourth-order valence-corrected chi connectivity index (χ4v) is 8.79. The highest BCUT2D eigenvalue weighted by molar-refractivity contribution is 14.1. The largest absolute Gasteiger partial charge is 0.394 e. The molecule has 0 bridgehead atoms. The predicted molar refractivity (Wildman–Crippen MR) is 161 cm³/mol.